The van der Waals surface area contributed by atoms with Gasteiger partial charge in [0, 0.05) is 42.2 Å². The molecule has 3 N–H and O–H groups in total. The number of aromatic nitrogens is 1. The number of thiazole rings is 1. The summed E-state index contributed by atoms with van der Waals surface area (Å²) in [6, 6.07) is 7.50. The normalized spacial score (nSPS) is 20.8. The Hall–Kier alpha value is -2.55. The number of benzene rings is 1. The summed E-state index contributed by atoms with van der Waals surface area (Å²) in [4.78, 5) is 28.0. The lowest BCUT2D eigenvalue weighted by Gasteiger charge is -2.38. The molecule has 0 unspecified atom stereocenters. The summed E-state index contributed by atoms with van der Waals surface area (Å²) in [5, 5.41) is 19.0. The summed E-state index contributed by atoms with van der Waals surface area (Å²) >= 11 is 1.59. The van der Waals surface area contributed by atoms with Crippen molar-refractivity contribution in [3.05, 3.63) is 53.1 Å². The van der Waals surface area contributed by atoms with E-state index < -0.39 is 12.1 Å². The number of aliphatic carboxylic acids is 1. The van der Waals surface area contributed by atoms with Crippen LogP contribution in [0.15, 0.2) is 47.5 Å². The molecule has 8 heteroatoms. The lowest BCUT2D eigenvalue weighted by atomic mass is 9.87. The maximum Gasteiger partial charge on any atom is 0.331 e. The molecular weight excluding hydrogens is 426 g/mol. The van der Waals surface area contributed by atoms with Gasteiger partial charge >= 0.3 is 5.97 Å². The number of rotatable bonds is 10. The second-order valence-corrected chi connectivity index (χ2v) is 8.88. The van der Waals surface area contributed by atoms with E-state index in [1.54, 1.807) is 23.6 Å². The molecule has 32 heavy (non-hydrogen) atoms. The zero-order valence-electron chi connectivity index (χ0n) is 18.7. The van der Waals surface area contributed by atoms with Crippen LogP contribution in [-0.4, -0.2) is 46.3 Å². The largest absolute Gasteiger partial charge is 0.478 e. The van der Waals surface area contributed by atoms with Gasteiger partial charge in [-0.15, -0.1) is 11.3 Å². The van der Waals surface area contributed by atoms with Crippen LogP contribution in [0.5, 0.6) is 0 Å². The first-order chi connectivity index (χ1) is 15.4. The van der Waals surface area contributed by atoms with Gasteiger partial charge in [0.25, 0.3) is 0 Å². The van der Waals surface area contributed by atoms with Gasteiger partial charge in [-0.25, -0.2) is 9.78 Å². The lowest BCUT2D eigenvalue weighted by molar-refractivity contribution is -0.133. The molecule has 1 amide bonds. The number of hydrogen-bond acceptors (Lipinski definition) is 6. The highest BCUT2D eigenvalue weighted by Crippen LogP contribution is 2.26. The third kappa shape index (κ3) is 6.25. The van der Waals surface area contributed by atoms with Crippen molar-refractivity contribution < 1.29 is 19.4 Å². The van der Waals surface area contributed by atoms with Crippen molar-refractivity contribution >= 4 is 23.2 Å². The highest BCUT2D eigenvalue weighted by molar-refractivity contribution is 7.13. The predicted molar refractivity (Wildman–Crippen MR) is 125 cm³/mol. The van der Waals surface area contributed by atoms with E-state index in [-0.39, 0.29) is 24.1 Å². The minimum Gasteiger partial charge on any atom is -0.478 e. The van der Waals surface area contributed by atoms with Crippen molar-refractivity contribution in [2.75, 3.05) is 0 Å². The quantitative estimate of drug-likeness (QED) is 0.502. The molecule has 3 rings (SSSR count). The zero-order chi connectivity index (χ0) is 23.1. The molecule has 1 heterocycles. The molecule has 1 aromatic heterocycles. The van der Waals surface area contributed by atoms with Gasteiger partial charge in [-0.3, -0.25) is 4.79 Å². The average molecular weight is 458 g/mol. The fraction of sp³-hybridized carbons (Fsp3) is 0.458. The maximum absolute atomic E-state index is 11.9. The molecule has 7 nitrogen and oxygen atoms in total. The first-order valence-electron chi connectivity index (χ1n) is 11.0. The molecule has 0 radical (unpaired) electrons. The summed E-state index contributed by atoms with van der Waals surface area (Å²) in [5.41, 5.74) is 2.43. The van der Waals surface area contributed by atoms with Crippen LogP contribution >= 0.6 is 11.3 Å². The van der Waals surface area contributed by atoms with Gasteiger partial charge < -0.3 is 20.5 Å². The molecule has 1 aliphatic carbocycles. The molecule has 3 atom stereocenters. The zero-order valence-corrected chi connectivity index (χ0v) is 19.5. The molecule has 172 valence electrons. The van der Waals surface area contributed by atoms with Crippen LogP contribution in [0.25, 0.3) is 10.6 Å². The van der Waals surface area contributed by atoms with Crippen molar-refractivity contribution in [1.82, 2.24) is 15.6 Å². The first-order valence-corrected chi connectivity index (χ1v) is 11.9. The van der Waals surface area contributed by atoms with Crippen LogP contribution in [0, 0.1) is 0 Å². The lowest BCUT2D eigenvalue weighted by Crippen LogP contribution is -2.58. The second-order valence-electron chi connectivity index (χ2n) is 7.99. The number of carboxylic acid groups (broad SMARTS) is 1. The first kappa shape index (κ1) is 24.1. The molecule has 0 saturated heterocycles. The Bertz CT molecular complexity index is 923. The fourth-order valence-corrected chi connectivity index (χ4v) is 4.59. The SMILES string of the molecule is CCC(CC)O[C@@H]1C=C(C(=O)O)C[C@H](NCc2ccc(-c3nccs3)cc2)[C@H]1NC(C)=O. The molecule has 2 aromatic rings. The van der Waals surface area contributed by atoms with Gasteiger partial charge in [-0.2, -0.15) is 0 Å². The van der Waals surface area contributed by atoms with E-state index in [9.17, 15) is 14.7 Å². The monoisotopic (exact) mass is 457 g/mol. The van der Waals surface area contributed by atoms with Crippen LogP contribution < -0.4 is 10.6 Å². The molecule has 0 spiro atoms. The molecule has 0 fully saturated rings. The van der Waals surface area contributed by atoms with Crippen LogP contribution in [0.2, 0.25) is 0 Å². The third-order valence-corrected chi connectivity index (χ3v) is 6.52. The van der Waals surface area contributed by atoms with E-state index in [1.165, 1.54) is 6.92 Å². The summed E-state index contributed by atoms with van der Waals surface area (Å²) < 4.78 is 6.22. The summed E-state index contributed by atoms with van der Waals surface area (Å²) in [6.45, 7) is 6.09. The number of carboxylic acids is 1. The van der Waals surface area contributed by atoms with Crippen molar-refractivity contribution in [2.45, 2.75) is 70.9 Å². The Morgan fingerprint density at radius 1 is 1.25 bits per heavy atom. The van der Waals surface area contributed by atoms with E-state index in [0.29, 0.717) is 18.5 Å². The van der Waals surface area contributed by atoms with Crippen molar-refractivity contribution in [2.24, 2.45) is 0 Å². The van der Waals surface area contributed by atoms with Crippen molar-refractivity contribution in [3.8, 4) is 10.6 Å². The molecule has 1 aromatic carbocycles. The molecule has 0 saturated carbocycles. The van der Waals surface area contributed by atoms with Gasteiger partial charge in [0.1, 0.15) is 5.01 Å². The Morgan fingerprint density at radius 2 is 1.97 bits per heavy atom. The molecule has 0 aliphatic heterocycles. The van der Waals surface area contributed by atoms with Crippen molar-refractivity contribution in [3.63, 3.8) is 0 Å². The Morgan fingerprint density at radius 3 is 2.53 bits per heavy atom. The highest BCUT2D eigenvalue weighted by atomic mass is 32.1. The van der Waals surface area contributed by atoms with Gasteiger partial charge in [-0.1, -0.05) is 38.1 Å². The summed E-state index contributed by atoms with van der Waals surface area (Å²) in [7, 11) is 0. The van der Waals surface area contributed by atoms with Crippen molar-refractivity contribution in [1.29, 1.82) is 0 Å². The average Bonchev–Trinajstić information content (AvgIpc) is 3.32. The highest BCUT2D eigenvalue weighted by Gasteiger charge is 2.37. The maximum atomic E-state index is 11.9. The van der Waals surface area contributed by atoms with Gasteiger partial charge in [0.05, 0.1) is 18.2 Å². The van der Waals surface area contributed by atoms with Crippen LogP contribution in [0.1, 0.15) is 45.6 Å². The molecule has 0 bridgehead atoms. The van der Waals surface area contributed by atoms with Gasteiger partial charge in [0.15, 0.2) is 0 Å². The van der Waals surface area contributed by atoms with Crippen LogP contribution in [-0.2, 0) is 20.9 Å². The predicted octanol–water partition coefficient (Wildman–Crippen LogP) is 3.76. The van der Waals surface area contributed by atoms with Crippen LogP contribution in [0.3, 0.4) is 0 Å². The standard InChI is InChI=1S/C24H31N3O4S/c1-4-19(5-2)31-21-13-18(24(29)30)12-20(22(21)27-15(3)28)26-14-16-6-8-17(9-7-16)23-25-10-11-32-23/h6-11,13,19-22,26H,4-5,12,14H2,1-3H3,(H,27,28)(H,29,30)/t20-,21+,22+/m0/s1. The number of carbonyl (C=O) groups is 2. The molecule has 1 aliphatic rings. The van der Waals surface area contributed by atoms with E-state index in [0.717, 1.165) is 29.0 Å². The summed E-state index contributed by atoms with van der Waals surface area (Å²) in [6.07, 6.45) is 4.88. The Kier molecular flexibility index (Phi) is 8.55. The number of ether oxygens (including phenoxy) is 1. The Balaban J connectivity index is 1.76. The van der Waals surface area contributed by atoms with Crippen LogP contribution in [0.4, 0.5) is 0 Å². The van der Waals surface area contributed by atoms with Gasteiger partial charge in [-0.05, 0) is 30.9 Å². The number of hydrogen-bond donors (Lipinski definition) is 3. The minimum absolute atomic E-state index is 0.000270. The molecular formula is C24H31N3O4S. The number of carbonyl (C=O) groups excluding carboxylic acids is 1. The topological polar surface area (TPSA) is 101 Å². The smallest absolute Gasteiger partial charge is 0.331 e. The minimum atomic E-state index is -0.955. The summed E-state index contributed by atoms with van der Waals surface area (Å²) in [5.74, 6) is -1.12. The van der Waals surface area contributed by atoms with E-state index in [4.69, 9.17) is 4.74 Å². The Labute approximate surface area is 192 Å². The number of nitrogens with one attached hydrogen (secondary N) is 2. The van der Waals surface area contributed by atoms with Gasteiger partial charge in [0.2, 0.25) is 5.91 Å². The van der Waals surface area contributed by atoms with E-state index in [1.807, 2.05) is 43.5 Å². The fourth-order valence-electron chi connectivity index (χ4n) is 3.95. The number of nitrogens with zero attached hydrogens (tertiary/aromatic N) is 1. The van der Waals surface area contributed by atoms with E-state index >= 15 is 0 Å². The second kappa shape index (κ2) is 11.4. The third-order valence-electron chi connectivity index (χ3n) is 5.70. The van der Waals surface area contributed by atoms with E-state index in [2.05, 4.69) is 15.6 Å². The number of amides is 1.